The summed E-state index contributed by atoms with van der Waals surface area (Å²) in [5.74, 6) is 0.747. The van der Waals surface area contributed by atoms with Gasteiger partial charge in [0.2, 0.25) is 0 Å². The average Bonchev–Trinajstić information content (AvgIpc) is 2.55. The second-order valence-electron chi connectivity index (χ2n) is 4.77. The van der Waals surface area contributed by atoms with Crippen LogP contribution in [-0.4, -0.2) is 30.0 Å². The van der Waals surface area contributed by atoms with Crippen molar-refractivity contribution in [2.45, 2.75) is 12.6 Å². The maximum absolute atomic E-state index is 10.0. The lowest BCUT2D eigenvalue weighted by Gasteiger charge is -2.12. The van der Waals surface area contributed by atoms with E-state index in [1.807, 2.05) is 54.6 Å². The number of aliphatic hydroxyl groups is 2. The van der Waals surface area contributed by atoms with Gasteiger partial charge in [-0.15, -0.1) is 12.4 Å². The molecule has 0 bridgehead atoms. The van der Waals surface area contributed by atoms with E-state index in [0.29, 0.717) is 19.7 Å². The second kappa shape index (κ2) is 10.2. The van der Waals surface area contributed by atoms with Gasteiger partial charge < -0.3 is 20.3 Å². The third kappa shape index (κ3) is 6.03. The molecule has 2 rings (SSSR count). The van der Waals surface area contributed by atoms with Crippen LogP contribution in [0.1, 0.15) is 17.2 Å². The maximum Gasteiger partial charge on any atom is 0.119 e. The minimum Gasteiger partial charge on any atom is -0.491 e. The lowest BCUT2D eigenvalue weighted by atomic mass is 10.1. The maximum atomic E-state index is 10.0. The minimum atomic E-state index is -0.502. The summed E-state index contributed by atoms with van der Waals surface area (Å²) in [6.07, 6.45) is -0.502. The van der Waals surface area contributed by atoms with E-state index >= 15 is 0 Å². The van der Waals surface area contributed by atoms with Crippen LogP contribution in [0.5, 0.6) is 5.75 Å². The van der Waals surface area contributed by atoms with Gasteiger partial charge in [0.15, 0.2) is 0 Å². The fourth-order valence-electron chi connectivity index (χ4n) is 2.01. The van der Waals surface area contributed by atoms with E-state index in [2.05, 4.69) is 5.32 Å². The van der Waals surface area contributed by atoms with E-state index in [1.165, 1.54) is 0 Å². The molecule has 0 aliphatic carbocycles. The molecule has 22 heavy (non-hydrogen) atoms. The molecule has 5 heteroatoms. The molecule has 0 saturated carbocycles. The molecule has 0 fully saturated rings. The van der Waals surface area contributed by atoms with Gasteiger partial charge in [-0.25, -0.2) is 0 Å². The van der Waals surface area contributed by atoms with Gasteiger partial charge >= 0.3 is 0 Å². The SMILES string of the molecule is Cl.OCCOc1ccc(CNCC(O)c2ccccc2)cc1. The van der Waals surface area contributed by atoms with Gasteiger partial charge in [-0.05, 0) is 23.3 Å². The standard InChI is InChI=1S/C17H21NO3.ClH/c19-10-11-21-16-8-6-14(7-9-16)12-18-13-17(20)15-4-2-1-3-5-15;/h1-9,17-20H,10-13H2;1H. The van der Waals surface area contributed by atoms with Crippen molar-refractivity contribution in [3.05, 3.63) is 65.7 Å². The molecule has 0 heterocycles. The zero-order chi connectivity index (χ0) is 14.9. The molecule has 3 N–H and O–H groups in total. The van der Waals surface area contributed by atoms with Crippen LogP contribution >= 0.6 is 12.4 Å². The normalized spacial score (nSPS) is 11.5. The van der Waals surface area contributed by atoms with Crippen molar-refractivity contribution in [3.8, 4) is 5.75 Å². The number of aliphatic hydroxyl groups excluding tert-OH is 2. The van der Waals surface area contributed by atoms with Gasteiger partial charge in [0, 0.05) is 13.1 Å². The Morgan fingerprint density at radius 1 is 1.00 bits per heavy atom. The molecule has 1 atom stereocenters. The van der Waals surface area contributed by atoms with Crippen molar-refractivity contribution >= 4 is 12.4 Å². The highest BCUT2D eigenvalue weighted by Crippen LogP contribution is 2.13. The number of halogens is 1. The van der Waals surface area contributed by atoms with Crippen molar-refractivity contribution < 1.29 is 14.9 Å². The lowest BCUT2D eigenvalue weighted by molar-refractivity contribution is 0.174. The molecule has 0 spiro atoms. The number of hydrogen-bond acceptors (Lipinski definition) is 4. The highest BCUT2D eigenvalue weighted by molar-refractivity contribution is 5.85. The third-order valence-electron chi connectivity index (χ3n) is 3.13. The first kappa shape index (κ1) is 18.5. The van der Waals surface area contributed by atoms with Crippen molar-refractivity contribution in [2.75, 3.05) is 19.8 Å². The largest absolute Gasteiger partial charge is 0.491 e. The smallest absolute Gasteiger partial charge is 0.119 e. The fraction of sp³-hybridized carbons (Fsp3) is 0.294. The van der Waals surface area contributed by atoms with Crippen molar-refractivity contribution in [2.24, 2.45) is 0 Å². The van der Waals surface area contributed by atoms with Gasteiger partial charge in [-0.1, -0.05) is 42.5 Å². The van der Waals surface area contributed by atoms with Gasteiger partial charge in [-0.3, -0.25) is 0 Å². The molecule has 0 aromatic heterocycles. The van der Waals surface area contributed by atoms with Gasteiger partial charge in [0.05, 0.1) is 12.7 Å². The van der Waals surface area contributed by atoms with E-state index in [-0.39, 0.29) is 19.0 Å². The molecular formula is C17H22ClNO3. The van der Waals surface area contributed by atoms with Crippen LogP contribution in [0, 0.1) is 0 Å². The van der Waals surface area contributed by atoms with E-state index in [9.17, 15) is 5.11 Å². The van der Waals surface area contributed by atoms with E-state index < -0.39 is 6.10 Å². The summed E-state index contributed by atoms with van der Waals surface area (Å²) in [6.45, 7) is 1.51. The molecule has 0 saturated heterocycles. The number of rotatable bonds is 8. The van der Waals surface area contributed by atoms with Gasteiger partial charge in [0.25, 0.3) is 0 Å². The summed E-state index contributed by atoms with van der Waals surface area (Å²) >= 11 is 0. The van der Waals surface area contributed by atoms with Crippen LogP contribution in [-0.2, 0) is 6.54 Å². The Bertz CT molecular complexity index is 519. The van der Waals surface area contributed by atoms with Crippen LogP contribution in [0.4, 0.5) is 0 Å². The Morgan fingerprint density at radius 3 is 2.32 bits per heavy atom. The first-order valence-electron chi connectivity index (χ1n) is 7.06. The molecule has 120 valence electrons. The highest BCUT2D eigenvalue weighted by atomic mass is 35.5. The quantitative estimate of drug-likeness (QED) is 0.697. The first-order chi connectivity index (χ1) is 10.3. The molecular weight excluding hydrogens is 302 g/mol. The predicted molar refractivity (Wildman–Crippen MR) is 89.4 cm³/mol. The van der Waals surface area contributed by atoms with Crippen LogP contribution in [0.2, 0.25) is 0 Å². The lowest BCUT2D eigenvalue weighted by Crippen LogP contribution is -2.21. The second-order valence-corrected chi connectivity index (χ2v) is 4.77. The topological polar surface area (TPSA) is 61.7 Å². The molecule has 0 radical (unpaired) electrons. The summed E-state index contributed by atoms with van der Waals surface area (Å²) in [5.41, 5.74) is 2.03. The minimum absolute atomic E-state index is 0. The molecule has 1 unspecified atom stereocenters. The van der Waals surface area contributed by atoms with E-state index in [0.717, 1.165) is 16.9 Å². The summed E-state index contributed by atoms with van der Waals surface area (Å²) in [7, 11) is 0. The van der Waals surface area contributed by atoms with Crippen LogP contribution in [0.15, 0.2) is 54.6 Å². The number of nitrogens with one attached hydrogen (secondary N) is 1. The third-order valence-corrected chi connectivity index (χ3v) is 3.13. The van der Waals surface area contributed by atoms with Gasteiger partial charge in [-0.2, -0.15) is 0 Å². The number of ether oxygens (including phenoxy) is 1. The Kier molecular flexibility index (Phi) is 8.55. The Labute approximate surface area is 137 Å². The monoisotopic (exact) mass is 323 g/mol. The van der Waals surface area contributed by atoms with Crippen molar-refractivity contribution in [1.29, 1.82) is 0 Å². The van der Waals surface area contributed by atoms with Crippen LogP contribution in [0.3, 0.4) is 0 Å². The summed E-state index contributed by atoms with van der Waals surface area (Å²) in [4.78, 5) is 0. The molecule has 0 amide bonds. The Morgan fingerprint density at radius 2 is 1.68 bits per heavy atom. The zero-order valence-electron chi connectivity index (χ0n) is 12.3. The predicted octanol–water partition coefficient (Wildman–Crippen LogP) is 2.30. The first-order valence-corrected chi connectivity index (χ1v) is 7.06. The molecule has 0 aliphatic heterocycles. The molecule has 2 aromatic rings. The number of benzene rings is 2. The highest BCUT2D eigenvalue weighted by Gasteiger charge is 2.05. The molecule has 4 nitrogen and oxygen atoms in total. The fourth-order valence-corrected chi connectivity index (χ4v) is 2.01. The zero-order valence-corrected chi connectivity index (χ0v) is 13.1. The van der Waals surface area contributed by atoms with Gasteiger partial charge in [0.1, 0.15) is 12.4 Å². The molecule has 2 aromatic carbocycles. The molecule has 0 aliphatic rings. The Hall–Kier alpha value is -1.59. The number of hydrogen-bond donors (Lipinski definition) is 3. The Balaban J connectivity index is 0.00000242. The van der Waals surface area contributed by atoms with Crippen molar-refractivity contribution in [1.82, 2.24) is 5.32 Å². The summed E-state index contributed by atoms with van der Waals surface area (Å²) < 4.78 is 5.30. The summed E-state index contributed by atoms with van der Waals surface area (Å²) in [6, 6.07) is 17.3. The van der Waals surface area contributed by atoms with Crippen molar-refractivity contribution in [3.63, 3.8) is 0 Å². The van der Waals surface area contributed by atoms with E-state index in [1.54, 1.807) is 0 Å². The van der Waals surface area contributed by atoms with Crippen LogP contribution < -0.4 is 10.1 Å². The average molecular weight is 324 g/mol. The van der Waals surface area contributed by atoms with Crippen LogP contribution in [0.25, 0.3) is 0 Å². The summed E-state index contributed by atoms with van der Waals surface area (Å²) in [5, 5.41) is 22.0. The van der Waals surface area contributed by atoms with E-state index in [4.69, 9.17) is 9.84 Å².